The first kappa shape index (κ1) is 12.7. The maximum Gasteiger partial charge on any atom is 0.188 e. The van der Waals surface area contributed by atoms with Gasteiger partial charge in [0.1, 0.15) is 5.75 Å². The van der Waals surface area contributed by atoms with E-state index in [1.165, 1.54) is 0 Å². The largest absolute Gasteiger partial charge is 0.495 e. The number of methoxy groups -OCH3 is 1. The molecule has 2 N–H and O–H groups in total. The molecule has 4 nitrogen and oxygen atoms in total. The number of benzene rings is 1. The lowest BCUT2D eigenvalue weighted by atomic mass is 10.2. The fourth-order valence-electron chi connectivity index (χ4n) is 1.52. The molecular formula is C13H15N3OS. The lowest BCUT2D eigenvalue weighted by molar-refractivity contribution is 0.417. The molecule has 0 unspecified atom stereocenters. The molecule has 1 aromatic carbocycles. The summed E-state index contributed by atoms with van der Waals surface area (Å²) in [6.45, 7) is 1.96. The Morgan fingerprint density at radius 1 is 1.33 bits per heavy atom. The molecule has 0 aliphatic carbocycles. The highest BCUT2D eigenvalue weighted by molar-refractivity contribution is 7.98. The molecule has 2 rings (SSSR count). The molecule has 0 aliphatic rings. The van der Waals surface area contributed by atoms with Crippen LogP contribution in [0.25, 0.3) is 0 Å². The standard InChI is InChI=1S/C13H15N3OS/c1-9-5-6-15-13(16-9)18-8-10-3-4-12(17-2)11(14)7-10/h3-7H,8,14H2,1-2H3. The fraction of sp³-hybridized carbons (Fsp3) is 0.231. The summed E-state index contributed by atoms with van der Waals surface area (Å²) >= 11 is 1.59. The van der Waals surface area contributed by atoms with Gasteiger partial charge in [0.2, 0.25) is 0 Å². The van der Waals surface area contributed by atoms with Gasteiger partial charge in [-0.2, -0.15) is 0 Å². The minimum Gasteiger partial charge on any atom is -0.495 e. The van der Waals surface area contributed by atoms with E-state index in [1.54, 1.807) is 25.1 Å². The third-order valence-corrected chi connectivity index (χ3v) is 3.37. The third kappa shape index (κ3) is 3.13. The Bertz CT molecular complexity index is 546. The van der Waals surface area contributed by atoms with Crippen molar-refractivity contribution in [2.75, 3.05) is 12.8 Å². The summed E-state index contributed by atoms with van der Waals surface area (Å²) in [5.74, 6) is 1.49. The Labute approximate surface area is 111 Å². The average Bonchev–Trinajstić information content (AvgIpc) is 2.37. The second-order valence-electron chi connectivity index (χ2n) is 3.85. The van der Waals surface area contributed by atoms with Gasteiger partial charge in [0.25, 0.3) is 0 Å². The molecule has 0 bridgehead atoms. The molecule has 0 amide bonds. The molecule has 0 saturated carbocycles. The molecule has 94 valence electrons. The van der Waals surface area contributed by atoms with Gasteiger partial charge in [-0.15, -0.1) is 0 Å². The SMILES string of the molecule is COc1ccc(CSc2nccc(C)n2)cc1N. The molecule has 2 aromatic rings. The number of aryl methyl sites for hydroxylation is 1. The minimum atomic E-state index is 0.653. The molecule has 0 saturated heterocycles. The Morgan fingerprint density at radius 2 is 2.17 bits per heavy atom. The Hall–Kier alpha value is -1.75. The van der Waals surface area contributed by atoms with E-state index < -0.39 is 0 Å². The van der Waals surface area contributed by atoms with Gasteiger partial charge in [0, 0.05) is 17.6 Å². The molecule has 1 heterocycles. The van der Waals surface area contributed by atoms with Crippen LogP contribution in [0.2, 0.25) is 0 Å². The van der Waals surface area contributed by atoms with Gasteiger partial charge in [-0.05, 0) is 30.7 Å². The smallest absolute Gasteiger partial charge is 0.188 e. The molecule has 0 radical (unpaired) electrons. The Kier molecular flexibility index (Phi) is 4.04. The Balaban J connectivity index is 2.04. The van der Waals surface area contributed by atoms with Crippen LogP contribution in [0.15, 0.2) is 35.6 Å². The van der Waals surface area contributed by atoms with E-state index in [0.717, 1.165) is 22.2 Å². The number of anilines is 1. The molecule has 1 aromatic heterocycles. The van der Waals surface area contributed by atoms with E-state index in [2.05, 4.69) is 9.97 Å². The van der Waals surface area contributed by atoms with E-state index in [4.69, 9.17) is 10.5 Å². The maximum atomic E-state index is 5.86. The topological polar surface area (TPSA) is 61.0 Å². The maximum absolute atomic E-state index is 5.86. The first-order valence-corrected chi connectivity index (χ1v) is 6.52. The van der Waals surface area contributed by atoms with Crippen molar-refractivity contribution in [2.45, 2.75) is 17.8 Å². The second-order valence-corrected chi connectivity index (χ2v) is 4.79. The van der Waals surface area contributed by atoms with Gasteiger partial charge in [0.15, 0.2) is 5.16 Å². The van der Waals surface area contributed by atoms with Crippen molar-refractivity contribution >= 4 is 17.4 Å². The number of hydrogen-bond acceptors (Lipinski definition) is 5. The number of nitrogens with zero attached hydrogens (tertiary/aromatic N) is 2. The first-order valence-electron chi connectivity index (χ1n) is 5.54. The van der Waals surface area contributed by atoms with Gasteiger partial charge in [-0.1, -0.05) is 17.8 Å². The van der Waals surface area contributed by atoms with Crippen LogP contribution in [-0.4, -0.2) is 17.1 Å². The van der Waals surface area contributed by atoms with Gasteiger partial charge in [0.05, 0.1) is 12.8 Å². The van der Waals surface area contributed by atoms with Crippen LogP contribution in [0.5, 0.6) is 5.75 Å². The zero-order valence-electron chi connectivity index (χ0n) is 10.4. The predicted octanol–water partition coefficient (Wildman–Crippen LogP) is 2.67. The van der Waals surface area contributed by atoms with Crippen LogP contribution >= 0.6 is 11.8 Å². The van der Waals surface area contributed by atoms with Gasteiger partial charge < -0.3 is 10.5 Å². The molecule has 0 spiro atoms. The normalized spacial score (nSPS) is 10.3. The number of nitrogens with two attached hydrogens (primary N) is 1. The Morgan fingerprint density at radius 3 is 2.83 bits per heavy atom. The zero-order chi connectivity index (χ0) is 13.0. The number of aromatic nitrogens is 2. The lowest BCUT2D eigenvalue weighted by Gasteiger charge is -2.06. The van der Waals surface area contributed by atoms with Crippen molar-refractivity contribution in [1.29, 1.82) is 0 Å². The summed E-state index contributed by atoms with van der Waals surface area (Å²) in [6, 6.07) is 7.68. The van der Waals surface area contributed by atoms with Crippen LogP contribution < -0.4 is 10.5 Å². The fourth-order valence-corrected chi connectivity index (χ4v) is 2.34. The number of nitrogen functional groups attached to an aromatic ring is 1. The summed E-state index contributed by atoms with van der Waals surface area (Å²) in [4.78, 5) is 8.55. The van der Waals surface area contributed by atoms with Gasteiger partial charge in [-0.3, -0.25) is 0 Å². The quantitative estimate of drug-likeness (QED) is 0.521. The average molecular weight is 261 g/mol. The number of rotatable bonds is 4. The van der Waals surface area contributed by atoms with Crippen molar-refractivity contribution in [3.8, 4) is 5.75 Å². The summed E-state index contributed by atoms with van der Waals surface area (Å²) < 4.78 is 5.12. The van der Waals surface area contributed by atoms with Crippen LogP contribution in [0.1, 0.15) is 11.3 Å². The van der Waals surface area contributed by atoms with E-state index in [9.17, 15) is 0 Å². The molecule has 0 atom stereocenters. The van der Waals surface area contributed by atoms with Crippen LogP contribution in [0, 0.1) is 6.92 Å². The van der Waals surface area contributed by atoms with Crippen LogP contribution in [0.3, 0.4) is 0 Å². The van der Waals surface area contributed by atoms with Crippen LogP contribution in [0.4, 0.5) is 5.69 Å². The van der Waals surface area contributed by atoms with Crippen molar-refractivity contribution in [3.63, 3.8) is 0 Å². The predicted molar refractivity (Wildman–Crippen MR) is 73.7 cm³/mol. The molecule has 0 fully saturated rings. The molecular weight excluding hydrogens is 246 g/mol. The van der Waals surface area contributed by atoms with Crippen molar-refractivity contribution < 1.29 is 4.74 Å². The monoisotopic (exact) mass is 261 g/mol. The summed E-state index contributed by atoms with van der Waals surface area (Å²) in [6.07, 6.45) is 1.77. The molecule has 5 heteroatoms. The van der Waals surface area contributed by atoms with Gasteiger partial charge >= 0.3 is 0 Å². The minimum absolute atomic E-state index is 0.653. The van der Waals surface area contributed by atoms with E-state index in [-0.39, 0.29) is 0 Å². The summed E-state index contributed by atoms with van der Waals surface area (Å²) in [5, 5.41) is 0.782. The van der Waals surface area contributed by atoms with Crippen molar-refractivity contribution in [3.05, 3.63) is 41.7 Å². The van der Waals surface area contributed by atoms with Gasteiger partial charge in [-0.25, -0.2) is 9.97 Å². The van der Waals surface area contributed by atoms with E-state index in [1.807, 2.05) is 31.2 Å². The van der Waals surface area contributed by atoms with E-state index in [0.29, 0.717) is 11.4 Å². The summed E-state index contributed by atoms with van der Waals surface area (Å²) in [7, 11) is 1.61. The zero-order valence-corrected chi connectivity index (χ0v) is 11.2. The third-order valence-electron chi connectivity index (χ3n) is 2.43. The number of ether oxygens (including phenoxy) is 1. The van der Waals surface area contributed by atoms with Crippen LogP contribution in [-0.2, 0) is 5.75 Å². The highest BCUT2D eigenvalue weighted by atomic mass is 32.2. The molecule has 18 heavy (non-hydrogen) atoms. The highest BCUT2D eigenvalue weighted by Crippen LogP contribution is 2.25. The second kappa shape index (κ2) is 5.73. The number of hydrogen-bond donors (Lipinski definition) is 1. The number of thioether (sulfide) groups is 1. The first-order chi connectivity index (χ1) is 8.69. The highest BCUT2D eigenvalue weighted by Gasteiger charge is 2.03. The van der Waals surface area contributed by atoms with Crippen molar-refractivity contribution in [1.82, 2.24) is 9.97 Å². The van der Waals surface area contributed by atoms with E-state index >= 15 is 0 Å². The van der Waals surface area contributed by atoms with Crippen molar-refractivity contribution in [2.24, 2.45) is 0 Å². The summed E-state index contributed by atoms with van der Waals surface area (Å²) in [5.41, 5.74) is 8.61. The molecule has 0 aliphatic heterocycles. The lowest BCUT2D eigenvalue weighted by Crippen LogP contribution is -1.94.